The Morgan fingerprint density at radius 3 is 2.40 bits per heavy atom. The first kappa shape index (κ1) is 17.0. The molecule has 0 saturated carbocycles. The fraction of sp³-hybridized carbons (Fsp3) is 0.625. The summed E-state index contributed by atoms with van der Waals surface area (Å²) in [6.45, 7) is 7.65. The van der Waals surface area contributed by atoms with Gasteiger partial charge in [0.2, 0.25) is 0 Å². The summed E-state index contributed by atoms with van der Waals surface area (Å²) in [6, 6.07) is 8.17. The number of ether oxygens (including phenoxy) is 2. The second-order valence-corrected chi connectivity index (χ2v) is 5.45. The van der Waals surface area contributed by atoms with Gasteiger partial charge in [-0.1, -0.05) is 18.2 Å². The average Bonchev–Trinajstić information content (AvgIpc) is 2.38. The van der Waals surface area contributed by atoms with E-state index >= 15 is 0 Å². The van der Waals surface area contributed by atoms with Crippen LogP contribution >= 0.6 is 0 Å². The van der Waals surface area contributed by atoms with Crippen LogP contribution in [0.3, 0.4) is 0 Å². The van der Waals surface area contributed by atoms with Gasteiger partial charge in [-0.25, -0.2) is 0 Å². The molecule has 0 aromatic heterocycles. The molecular weight excluding hydrogens is 252 g/mol. The van der Waals surface area contributed by atoms with Crippen molar-refractivity contribution in [1.29, 1.82) is 0 Å². The first-order valence-corrected chi connectivity index (χ1v) is 7.17. The molecule has 0 heterocycles. The molecule has 1 rings (SSSR count). The summed E-state index contributed by atoms with van der Waals surface area (Å²) >= 11 is 0. The van der Waals surface area contributed by atoms with Crippen molar-refractivity contribution in [2.45, 2.75) is 39.0 Å². The summed E-state index contributed by atoms with van der Waals surface area (Å²) in [5.74, 6) is 0.881. The van der Waals surface area contributed by atoms with E-state index in [2.05, 4.69) is 18.0 Å². The molecule has 1 aromatic carbocycles. The van der Waals surface area contributed by atoms with E-state index in [1.54, 1.807) is 7.11 Å². The Morgan fingerprint density at radius 2 is 1.85 bits per heavy atom. The molecule has 2 atom stereocenters. The van der Waals surface area contributed by atoms with Crippen LogP contribution in [-0.4, -0.2) is 44.4 Å². The molecular formula is C16H28N2O2. The topological polar surface area (TPSA) is 47.7 Å². The monoisotopic (exact) mass is 280 g/mol. The lowest BCUT2D eigenvalue weighted by molar-refractivity contribution is 0.0532. The van der Waals surface area contributed by atoms with Crippen LogP contribution < -0.4 is 10.5 Å². The first-order chi connectivity index (χ1) is 9.47. The zero-order chi connectivity index (χ0) is 15.1. The summed E-state index contributed by atoms with van der Waals surface area (Å²) in [7, 11) is 3.77. The second-order valence-electron chi connectivity index (χ2n) is 5.45. The molecule has 2 unspecified atom stereocenters. The lowest BCUT2D eigenvalue weighted by Gasteiger charge is -2.32. The minimum Gasteiger partial charge on any atom is -0.496 e. The maximum Gasteiger partial charge on any atom is 0.123 e. The summed E-state index contributed by atoms with van der Waals surface area (Å²) in [5.41, 5.74) is 7.31. The standard InChI is InChI=1S/C16H28N2O2/c1-12(2)20-11-10-18(4)16(13(3)17)14-8-6-7-9-15(14)19-5/h6-9,12-13,16H,10-11,17H2,1-5H3. The molecule has 0 aliphatic rings. The summed E-state index contributed by atoms with van der Waals surface area (Å²) in [6.07, 6.45) is 0.253. The lowest BCUT2D eigenvalue weighted by atomic mass is 9.98. The third-order valence-electron chi connectivity index (χ3n) is 3.33. The Balaban J connectivity index is 2.82. The maximum absolute atomic E-state index is 6.19. The number of benzene rings is 1. The fourth-order valence-corrected chi connectivity index (χ4v) is 2.40. The molecule has 114 valence electrons. The van der Waals surface area contributed by atoms with Crippen molar-refractivity contribution < 1.29 is 9.47 Å². The molecule has 0 amide bonds. The number of hydrogen-bond acceptors (Lipinski definition) is 4. The van der Waals surface area contributed by atoms with Crippen molar-refractivity contribution in [1.82, 2.24) is 4.90 Å². The first-order valence-electron chi connectivity index (χ1n) is 7.17. The Labute approximate surface area is 122 Å². The molecule has 20 heavy (non-hydrogen) atoms. The van der Waals surface area contributed by atoms with Crippen molar-refractivity contribution in [3.05, 3.63) is 29.8 Å². The molecule has 0 saturated heterocycles. The van der Waals surface area contributed by atoms with Crippen molar-refractivity contribution in [3.63, 3.8) is 0 Å². The quantitative estimate of drug-likeness (QED) is 0.794. The molecule has 0 aliphatic heterocycles. The van der Waals surface area contributed by atoms with E-state index in [0.29, 0.717) is 6.61 Å². The van der Waals surface area contributed by atoms with Crippen LogP contribution in [0.4, 0.5) is 0 Å². The van der Waals surface area contributed by atoms with Gasteiger partial charge in [-0.3, -0.25) is 4.90 Å². The van der Waals surface area contributed by atoms with Crippen LogP contribution in [0.1, 0.15) is 32.4 Å². The van der Waals surface area contributed by atoms with Gasteiger partial charge in [0.1, 0.15) is 5.75 Å². The summed E-state index contributed by atoms with van der Waals surface area (Å²) < 4.78 is 11.1. The van der Waals surface area contributed by atoms with Gasteiger partial charge in [-0.2, -0.15) is 0 Å². The molecule has 4 heteroatoms. The maximum atomic E-state index is 6.19. The van der Waals surface area contributed by atoms with Gasteiger partial charge < -0.3 is 15.2 Å². The van der Waals surface area contributed by atoms with E-state index in [1.165, 1.54) is 0 Å². The van der Waals surface area contributed by atoms with Crippen molar-refractivity contribution in [2.24, 2.45) is 5.73 Å². The Morgan fingerprint density at radius 1 is 1.20 bits per heavy atom. The minimum absolute atomic E-state index is 0.00958. The highest BCUT2D eigenvalue weighted by atomic mass is 16.5. The van der Waals surface area contributed by atoms with Crippen molar-refractivity contribution in [3.8, 4) is 5.75 Å². The van der Waals surface area contributed by atoms with Crippen LogP contribution in [0.25, 0.3) is 0 Å². The molecule has 0 fully saturated rings. The van der Waals surface area contributed by atoms with E-state index < -0.39 is 0 Å². The normalized spacial score (nSPS) is 14.6. The predicted molar refractivity (Wildman–Crippen MR) is 83.1 cm³/mol. The van der Waals surface area contributed by atoms with Gasteiger partial charge in [-0.15, -0.1) is 0 Å². The van der Waals surface area contributed by atoms with Crippen LogP contribution in [-0.2, 0) is 4.74 Å². The number of nitrogens with two attached hydrogens (primary N) is 1. The highest BCUT2D eigenvalue weighted by Gasteiger charge is 2.23. The third kappa shape index (κ3) is 4.78. The number of rotatable bonds is 8. The van der Waals surface area contributed by atoms with Gasteiger partial charge in [0, 0.05) is 18.2 Å². The lowest BCUT2D eigenvalue weighted by Crippen LogP contribution is -2.39. The van der Waals surface area contributed by atoms with Gasteiger partial charge >= 0.3 is 0 Å². The fourth-order valence-electron chi connectivity index (χ4n) is 2.40. The van der Waals surface area contributed by atoms with Crippen LogP contribution in [0.15, 0.2) is 24.3 Å². The van der Waals surface area contributed by atoms with E-state index in [4.69, 9.17) is 15.2 Å². The molecule has 0 spiro atoms. The number of para-hydroxylation sites is 1. The van der Waals surface area contributed by atoms with Gasteiger partial charge in [0.15, 0.2) is 0 Å². The van der Waals surface area contributed by atoms with E-state index in [-0.39, 0.29) is 18.2 Å². The smallest absolute Gasteiger partial charge is 0.123 e. The Kier molecular flexibility index (Phi) is 6.99. The van der Waals surface area contributed by atoms with E-state index in [0.717, 1.165) is 17.9 Å². The van der Waals surface area contributed by atoms with Crippen LogP contribution in [0.5, 0.6) is 5.75 Å². The molecule has 4 nitrogen and oxygen atoms in total. The Bertz CT molecular complexity index is 394. The third-order valence-corrected chi connectivity index (χ3v) is 3.33. The van der Waals surface area contributed by atoms with E-state index in [9.17, 15) is 0 Å². The van der Waals surface area contributed by atoms with E-state index in [1.807, 2.05) is 39.0 Å². The second kappa shape index (κ2) is 8.25. The number of nitrogens with zero attached hydrogens (tertiary/aromatic N) is 1. The average molecular weight is 280 g/mol. The van der Waals surface area contributed by atoms with Crippen molar-refractivity contribution in [2.75, 3.05) is 27.3 Å². The predicted octanol–water partition coefficient (Wildman–Crippen LogP) is 2.44. The summed E-state index contributed by atoms with van der Waals surface area (Å²) in [5, 5.41) is 0. The van der Waals surface area contributed by atoms with Gasteiger partial charge in [0.25, 0.3) is 0 Å². The number of hydrogen-bond donors (Lipinski definition) is 1. The minimum atomic E-state index is 0.00958. The molecule has 0 radical (unpaired) electrons. The SMILES string of the molecule is COc1ccccc1C(C(C)N)N(C)CCOC(C)C. The zero-order valence-corrected chi connectivity index (χ0v) is 13.3. The number of likely N-dealkylation sites (N-methyl/N-ethyl adjacent to an activating group) is 1. The zero-order valence-electron chi connectivity index (χ0n) is 13.3. The largest absolute Gasteiger partial charge is 0.496 e. The summed E-state index contributed by atoms with van der Waals surface area (Å²) in [4.78, 5) is 2.23. The van der Waals surface area contributed by atoms with Crippen LogP contribution in [0, 0.1) is 0 Å². The molecule has 0 bridgehead atoms. The highest BCUT2D eigenvalue weighted by Crippen LogP contribution is 2.30. The van der Waals surface area contributed by atoms with Gasteiger partial charge in [-0.05, 0) is 33.9 Å². The molecule has 2 N–H and O–H groups in total. The number of methoxy groups -OCH3 is 1. The van der Waals surface area contributed by atoms with Crippen molar-refractivity contribution >= 4 is 0 Å². The molecule has 1 aromatic rings. The highest BCUT2D eigenvalue weighted by molar-refractivity contribution is 5.36. The van der Waals surface area contributed by atoms with Gasteiger partial charge in [0.05, 0.1) is 25.9 Å². The Hall–Kier alpha value is -1.10. The van der Waals surface area contributed by atoms with Crippen LogP contribution in [0.2, 0.25) is 0 Å². The molecule has 0 aliphatic carbocycles.